The van der Waals surface area contributed by atoms with Crippen LogP contribution in [0, 0.1) is 19.3 Å². The average molecular weight is 367 g/mol. The maximum Gasteiger partial charge on any atom is 0.307 e. The summed E-state index contributed by atoms with van der Waals surface area (Å²) in [4.78, 5) is 18.1. The Morgan fingerprint density at radius 1 is 1.23 bits per heavy atom. The molecule has 120 valence electrons. The summed E-state index contributed by atoms with van der Waals surface area (Å²) in [6.07, 6.45) is 6.62. The Hall–Kier alpha value is -1.10. The Labute approximate surface area is 140 Å². The third-order valence-corrected chi connectivity index (χ3v) is 6.42. The SMILES string of the molecule is Cc1nc(C)c(CC(=O)O)c(N2CCC3(CCC3)CC2)c1Br. The summed E-state index contributed by atoms with van der Waals surface area (Å²) in [6, 6.07) is 0. The normalized spacial score (nSPS) is 20.0. The van der Waals surface area contributed by atoms with Gasteiger partial charge in [-0.3, -0.25) is 9.78 Å². The van der Waals surface area contributed by atoms with Crippen LogP contribution < -0.4 is 4.90 Å². The van der Waals surface area contributed by atoms with Crippen LogP contribution >= 0.6 is 15.9 Å². The zero-order valence-electron chi connectivity index (χ0n) is 13.3. The lowest BCUT2D eigenvalue weighted by atomic mass is 9.63. The number of pyridine rings is 1. The fourth-order valence-electron chi connectivity index (χ4n) is 3.92. The third kappa shape index (κ3) is 2.75. The van der Waals surface area contributed by atoms with Crippen molar-refractivity contribution < 1.29 is 9.90 Å². The van der Waals surface area contributed by atoms with Crippen LogP contribution in [0.4, 0.5) is 5.69 Å². The van der Waals surface area contributed by atoms with E-state index in [0.717, 1.165) is 40.2 Å². The van der Waals surface area contributed by atoms with Crippen molar-refractivity contribution in [2.45, 2.75) is 52.4 Å². The van der Waals surface area contributed by atoms with E-state index in [2.05, 4.69) is 25.8 Å². The van der Waals surface area contributed by atoms with E-state index < -0.39 is 5.97 Å². The Morgan fingerprint density at radius 3 is 2.36 bits per heavy atom. The van der Waals surface area contributed by atoms with E-state index in [0.29, 0.717) is 5.41 Å². The molecule has 2 heterocycles. The fourth-order valence-corrected chi connectivity index (χ4v) is 4.50. The van der Waals surface area contributed by atoms with Crippen LogP contribution in [0.5, 0.6) is 0 Å². The molecule has 0 bridgehead atoms. The van der Waals surface area contributed by atoms with Gasteiger partial charge in [-0.15, -0.1) is 0 Å². The molecule has 4 nitrogen and oxygen atoms in total. The van der Waals surface area contributed by atoms with Gasteiger partial charge in [0.15, 0.2) is 0 Å². The summed E-state index contributed by atoms with van der Waals surface area (Å²) < 4.78 is 0.957. The predicted octanol–water partition coefficient (Wildman–Crippen LogP) is 3.86. The van der Waals surface area contributed by atoms with Crippen LogP contribution in [-0.2, 0) is 11.2 Å². The molecule has 0 amide bonds. The van der Waals surface area contributed by atoms with E-state index in [1.807, 2.05) is 13.8 Å². The van der Waals surface area contributed by atoms with Crippen molar-refractivity contribution in [3.63, 3.8) is 0 Å². The van der Waals surface area contributed by atoms with E-state index in [1.165, 1.54) is 32.1 Å². The van der Waals surface area contributed by atoms with Crippen LogP contribution in [0.15, 0.2) is 4.47 Å². The van der Waals surface area contributed by atoms with E-state index in [-0.39, 0.29) is 6.42 Å². The fraction of sp³-hybridized carbons (Fsp3) is 0.647. The molecule has 0 aromatic carbocycles. The minimum Gasteiger partial charge on any atom is -0.481 e. The zero-order valence-corrected chi connectivity index (χ0v) is 14.9. The topological polar surface area (TPSA) is 53.4 Å². The lowest BCUT2D eigenvalue weighted by Gasteiger charge is -2.49. The van der Waals surface area contributed by atoms with Gasteiger partial charge in [0.05, 0.1) is 22.3 Å². The number of nitrogens with zero attached hydrogens (tertiary/aromatic N) is 2. The van der Waals surface area contributed by atoms with Gasteiger partial charge in [-0.2, -0.15) is 0 Å². The van der Waals surface area contributed by atoms with Crippen LogP contribution in [0.25, 0.3) is 0 Å². The predicted molar refractivity (Wildman–Crippen MR) is 90.5 cm³/mol. The second kappa shape index (κ2) is 5.84. The van der Waals surface area contributed by atoms with Gasteiger partial charge in [0.1, 0.15) is 0 Å². The van der Waals surface area contributed by atoms with Crippen LogP contribution in [0.3, 0.4) is 0 Å². The highest BCUT2D eigenvalue weighted by Crippen LogP contribution is 2.50. The molecular weight excluding hydrogens is 344 g/mol. The van der Waals surface area contributed by atoms with Crippen LogP contribution in [0.2, 0.25) is 0 Å². The molecule has 1 aliphatic carbocycles. The van der Waals surface area contributed by atoms with Crippen LogP contribution in [-0.4, -0.2) is 29.1 Å². The molecule has 1 aromatic heterocycles. The molecular formula is C17H23BrN2O2. The first-order valence-electron chi connectivity index (χ1n) is 8.04. The van der Waals surface area contributed by atoms with Gasteiger partial charge < -0.3 is 10.0 Å². The second-order valence-electron chi connectivity index (χ2n) is 6.83. The molecule has 3 rings (SSSR count). The number of aromatic nitrogens is 1. The summed E-state index contributed by atoms with van der Waals surface area (Å²) in [5, 5.41) is 9.24. The average Bonchev–Trinajstić information content (AvgIpc) is 2.43. The summed E-state index contributed by atoms with van der Waals surface area (Å²) in [6.45, 7) is 5.93. The summed E-state index contributed by atoms with van der Waals surface area (Å²) >= 11 is 3.65. The van der Waals surface area contributed by atoms with Gasteiger partial charge in [0.25, 0.3) is 0 Å². The van der Waals surface area contributed by atoms with Crippen molar-refractivity contribution >= 4 is 27.6 Å². The molecule has 1 saturated carbocycles. The van der Waals surface area contributed by atoms with Crippen molar-refractivity contribution in [2.24, 2.45) is 5.41 Å². The maximum atomic E-state index is 11.2. The quantitative estimate of drug-likeness (QED) is 0.882. The smallest absolute Gasteiger partial charge is 0.307 e. The van der Waals surface area contributed by atoms with E-state index in [1.54, 1.807) is 0 Å². The lowest BCUT2D eigenvalue weighted by molar-refractivity contribution is -0.136. The Morgan fingerprint density at radius 2 is 1.86 bits per heavy atom. The highest BCUT2D eigenvalue weighted by Gasteiger charge is 2.40. The van der Waals surface area contributed by atoms with Crippen molar-refractivity contribution in [1.82, 2.24) is 4.98 Å². The van der Waals surface area contributed by atoms with Gasteiger partial charge in [-0.05, 0) is 60.9 Å². The van der Waals surface area contributed by atoms with Crippen LogP contribution in [0.1, 0.15) is 49.1 Å². The largest absolute Gasteiger partial charge is 0.481 e. The first-order chi connectivity index (χ1) is 10.4. The standard InChI is InChI=1S/C17H23BrN2O2/c1-11-13(10-14(21)22)16(15(18)12(2)19-11)20-8-6-17(7-9-20)4-3-5-17/h3-10H2,1-2H3,(H,21,22). The van der Waals surface area contributed by atoms with Gasteiger partial charge in [0, 0.05) is 24.3 Å². The maximum absolute atomic E-state index is 11.2. The molecule has 0 atom stereocenters. The molecule has 0 unspecified atom stereocenters. The molecule has 1 saturated heterocycles. The number of carboxylic acids is 1. The van der Waals surface area contributed by atoms with Crippen molar-refractivity contribution in [1.29, 1.82) is 0 Å². The highest BCUT2D eigenvalue weighted by molar-refractivity contribution is 9.10. The van der Waals surface area contributed by atoms with E-state index >= 15 is 0 Å². The number of hydrogen-bond donors (Lipinski definition) is 1. The molecule has 1 N–H and O–H groups in total. The minimum atomic E-state index is -0.797. The summed E-state index contributed by atoms with van der Waals surface area (Å²) in [7, 11) is 0. The number of halogens is 1. The number of anilines is 1. The number of aryl methyl sites for hydroxylation is 2. The summed E-state index contributed by atoms with van der Waals surface area (Å²) in [5.41, 5.74) is 4.27. The molecule has 22 heavy (non-hydrogen) atoms. The molecule has 1 aliphatic heterocycles. The molecule has 1 spiro atoms. The number of hydrogen-bond acceptors (Lipinski definition) is 3. The Bertz CT molecular complexity index is 601. The van der Waals surface area contributed by atoms with Crippen molar-refractivity contribution in [2.75, 3.05) is 18.0 Å². The Kier molecular flexibility index (Phi) is 4.19. The molecule has 5 heteroatoms. The van der Waals surface area contributed by atoms with Gasteiger partial charge in [-0.1, -0.05) is 6.42 Å². The lowest BCUT2D eigenvalue weighted by Crippen LogP contribution is -2.44. The second-order valence-corrected chi connectivity index (χ2v) is 7.63. The third-order valence-electron chi connectivity index (χ3n) is 5.47. The van der Waals surface area contributed by atoms with Crippen molar-refractivity contribution in [3.8, 4) is 0 Å². The highest BCUT2D eigenvalue weighted by atomic mass is 79.9. The minimum absolute atomic E-state index is 0.0364. The first kappa shape index (κ1) is 15.8. The van der Waals surface area contributed by atoms with Gasteiger partial charge in [-0.25, -0.2) is 0 Å². The monoisotopic (exact) mass is 366 g/mol. The number of carbonyl (C=O) groups is 1. The number of carboxylic acid groups (broad SMARTS) is 1. The summed E-state index contributed by atoms with van der Waals surface area (Å²) in [5.74, 6) is -0.797. The molecule has 2 fully saturated rings. The first-order valence-corrected chi connectivity index (χ1v) is 8.83. The number of piperidine rings is 1. The van der Waals surface area contributed by atoms with E-state index in [4.69, 9.17) is 0 Å². The Balaban J connectivity index is 1.93. The number of aliphatic carboxylic acids is 1. The number of rotatable bonds is 3. The van der Waals surface area contributed by atoms with Crippen molar-refractivity contribution in [3.05, 3.63) is 21.4 Å². The zero-order chi connectivity index (χ0) is 15.9. The molecule has 2 aliphatic rings. The van der Waals surface area contributed by atoms with Gasteiger partial charge in [0.2, 0.25) is 0 Å². The molecule has 0 radical (unpaired) electrons. The molecule has 1 aromatic rings. The van der Waals surface area contributed by atoms with Gasteiger partial charge >= 0.3 is 5.97 Å². The van der Waals surface area contributed by atoms with E-state index in [9.17, 15) is 9.90 Å².